The number of nitrogens with one attached hydrogen (secondary N) is 1. The van der Waals surface area contributed by atoms with Crippen LogP contribution in [-0.4, -0.2) is 22.1 Å². The molecule has 0 spiro atoms. The molecule has 0 radical (unpaired) electrons. The smallest absolute Gasteiger partial charge is 0.302 e. The summed E-state index contributed by atoms with van der Waals surface area (Å²) in [6.45, 7) is 1.60. The third kappa shape index (κ3) is 3.54. The van der Waals surface area contributed by atoms with Gasteiger partial charge in [-0.05, 0) is 49.4 Å². The van der Waals surface area contributed by atoms with E-state index in [1.165, 1.54) is 12.1 Å². The molecule has 7 heteroatoms. The first-order valence-corrected chi connectivity index (χ1v) is 7.22. The van der Waals surface area contributed by atoms with Crippen LogP contribution in [0.3, 0.4) is 0 Å². The number of oxazole rings is 1. The van der Waals surface area contributed by atoms with Crippen molar-refractivity contribution >= 4 is 34.6 Å². The minimum atomic E-state index is -0.766. The maximum atomic E-state index is 12.1. The third-order valence-electron chi connectivity index (χ3n) is 3.10. The van der Waals surface area contributed by atoms with Crippen LogP contribution in [0.2, 0.25) is 5.02 Å². The van der Waals surface area contributed by atoms with Crippen molar-refractivity contribution in [2.24, 2.45) is 0 Å². The van der Waals surface area contributed by atoms with Gasteiger partial charge in [0.2, 0.25) is 0 Å². The van der Waals surface area contributed by atoms with Gasteiger partial charge in [0, 0.05) is 5.02 Å². The third-order valence-corrected chi connectivity index (χ3v) is 3.33. The van der Waals surface area contributed by atoms with E-state index in [2.05, 4.69) is 10.3 Å². The predicted octanol–water partition coefficient (Wildman–Crippen LogP) is 3.59. The van der Waals surface area contributed by atoms with Crippen molar-refractivity contribution in [3.8, 4) is 11.5 Å². The number of aromatic hydroxyl groups is 1. The average Bonchev–Trinajstić information content (AvgIpc) is 2.90. The normalized spacial score (nSPS) is 12.1. The summed E-state index contributed by atoms with van der Waals surface area (Å²) in [6.07, 6.45) is -0.766. The van der Waals surface area contributed by atoms with Gasteiger partial charge in [0.1, 0.15) is 17.0 Å². The van der Waals surface area contributed by atoms with Crippen LogP contribution in [0.25, 0.3) is 11.1 Å². The van der Waals surface area contributed by atoms with Crippen molar-refractivity contribution in [3.05, 3.63) is 47.5 Å². The second-order valence-corrected chi connectivity index (χ2v) is 5.31. The number of hydrogen-bond donors (Lipinski definition) is 2. The Morgan fingerprint density at radius 1 is 1.30 bits per heavy atom. The second-order valence-electron chi connectivity index (χ2n) is 4.87. The van der Waals surface area contributed by atoms with Crippen molar-refractivity contribution in [3.63, 3.8) is 0 Å². The highest BCUT2D eigenvalue weighted by molar-refractivity contribution is 6.31. The van der Waals surface area contributed by atoms with Crippen LogP contribution in [-0.2, 0) is 4.79 Å². The molecule has 0 saturated heterocycles. The minimum absolute atomic E-state index is 0.0772. The van der Waals surface area contributed by atoms with Gasteiger partial charge in [-0.25, -0.2) is 0 Å². The molecule has 0 fully saturated rings. The molecule has 2 N–H and O–H groups in total. The molecule has 1 heterocycles. The monoisotopic (exact) mass is 332 g/mol. The van der Waals surface area contributed by atoms with Crippen LogP contribution in [0.1, 0.15) is 6.92 Å². The second kappa shape index (κ2) is 6.18. The molecule has 0 aliphatic rings. The number of aromatic nitrogens is 1. The topological polar surface area (TPSA) is 84.6 Å². The van der Waals surface area contributed by atoms with Crippen molar-refractivity contribution in [2.45, 2.75) is 13.0 Å². The fraction of sp³-hybridized carbons (Fsp3) is 0.125. The fourth-order valence-electron chi connectivity index (χ4n) is 1.94. The first kappa shape index (κ1) is 15.2. The van der Waals surface area contributed by atoms with E-state index in [-0.39, 0.29) is 11.8 Å². The van der Waals surface area contributed by atoms with Crippen LogP contribution in [0.4, 0.5) is 6.01 Å². The van der Waals surface area contributed by atoms with Gasteiger partial charge < -0.3 is 14.3 Å². The van der Waals surface area contributed by atoms with Gasteiger partial charge in [-0.15, -0.1) is 0 Å². The molecular weight excluding hydrogens is 320 g/mol. The number of amides is 1. The first-order valence-electron chi connectivity index (χ1n) is 6.84. The Bertz CT molecular complexity index is 845. The SMILES string of the molecule is CC(Oc1ccc(O)cc1)C(=O)Nc1nc2cc(Cl)ccc2o1. The number of phenolic OH excluding ortho intramolecular Hbond substituents is 1. The molecule has 1 atom stereocenters. The van der Waals surface area contributed by atoms with E-state index in [4.69, 9.17) is 20.8 Å². The molecule has 118 valence electrons. The Labute approximate surface area is 136 Å². The van der Waals surface area contributed by atoms with Crippen LogP contribution < -0.4 is 10.1 Å². The number of rotatable bonds is 4. The van der Waals surface area contributed by atoms with Crippen LogP contribution in [0.15, 0.2) is 46.9 Å². The van der Waals surface area contributed by atoms with E-state index in [1.54, 1.807) is 37.3 Å². The lowest BCUT2D eigenvalue weighted by Gasteiger charge is -2.13. The molecule has 2 aromatic carbocycles. The minimum Gasteiger partial charge on any atom is -0.508 e. The predicted molar refractivity (Wildman–Crippen MR) is 85.8 cm³/mol. The van der Waals surface area contributed by atoms with Crippen LogP contribution in [0.5, 0.6) is 11.5 Å². The van der Waals surface area contributed by atoms with Crippen molar-refractivity contribution in [1.82, 2.24) is 4.98 Å². The van der Waals surface area contributed by atoms with E-state index in [0.717, 1.165) is 0 Å². The number of carbonyl (C=O) groups is 1. The Morgan fingerprint density at radius 3 is 2.78 bits per heavy atom. The highest BCUT2D eigenvalue weighted by Gasteiger charge is 2.17. The lowest BCUT2D eigenvalue weighted by atomic mass is 10.3. The Morgan fingerprint density at radius 2 is 2.04 bits per heavy atom. The highest BCUT2D eigenvalue weighted by Crippen LogP contribution is 2.23. The summed E-state index contributed by atoms with van der Waals surface area (Å²) in [4.78, 5) is 16.3. The van der Waals surface area contributed by atoms with E-state index >= 15 is 0 Å². The molecule has 1 aromatic heterocycles. The zero-order valence-corrected chi connectivity index (χ0v) is 12.9. The number of benzene rings is 2. The fourth-order valence-corrected chi connectivity index (χ4v) is 2.11. The summed E-state index contributed by atoms with van der Waals surface area (Å²) in [5.74, 6) is 0.185. The van der Waals surface area contributed by atoms with Crippen molar-refractivity contribution in [1.29, 1.82) is 0 Å². The summed E-state index contributed by atoms with van der Waals surface area (Å²) in [7, 11) is 0. The van der Waals surface area contributed by atoms with Crippen molar-refractivity contribution in [2.75, 3.05) is 5.32 Å². The maximum absolute atomic E-state index is 12.1. The van der Waals surface area contributed by atoms with Gasteiger partial charge in [-0.1, -0.05) is 11.6 Å². The highest BCUT2D eigenvalue weighted by atomic mass is 35.5. The molecular formula is C16H13ClN2O4. The Hall–Kier alpha value is -2.73. The molecule has 3 aromatic rings. The number of phenols is 1. The molecule has 1 unspecified atom stereocenters. The zero-order valence-electron chi connectivity index (χ0n) is 12.1. The number of halogens is 1. The molecule has 6 nitrogen and oxygen atoms in total. The quantitative estimate of drug-likeness (QED) is 0.762. The summed E-state index contributed by atoms with van der Waals surface area (Å²) in [5, 5.41) is 12.3. The van der Waals surface area contributed by atoms with E-state index in [1.807, 2.05) is 0 Å². The van der Waals surface area contributed by atoms with Gasteiger partial charge >= 0.3 is 6.01 Å². The Kier molecular flexibility index (Phi) is 4.08. The average molecular weight is 333 g/mol. The molecule has 23 heavy (non-hydrogen) atoms. The molecule has 0 aliphatic heterocycles. The van der Waals surface area contributed by atoms with E-state index in [9.17, 15) is 9.90 Å². The number of ether oxygens (including phenoxy) is 1. The molecule has 1 amide bonds. The Balaban J connectivity index is 1.68. The van der Waals surface area contributed by atoms with Gasteiger partial charge in [0.15, 0.2) is 11.7 Å². The van der Waals surface area contributed by atoms with Gasteiger partial charge in [-0.2, -0.15) is 4.98 Å². The standard InChI is InChI=1S/C16H13ClN2O4/c1-9(22-12-5-3-11(20)4-6-12)15(21)19-16-18-13-8-10(17)2-7-14(13)23-16/h2-9,20H,1H3,(H,18,19,21). The van der Waals surface area contributed by atoms with Crippen molar-refractivity contribution < 1.29 is 19.1 Å². The van der Waals surface area contributed by atoms with Gasteiger partial charge in [0.25, 0.3) is 5.91 Å². The summed E-state index contributed by atoms with van der Waals surface area (Å²) < 4.78 is 10.9. The van der Waals surface area contributed by atoms with E-state index < -0.39 is 12.0 Å². The zero-order chi connectivity index (χ0) is 16.4. The molecule has 0 aliphatic carbocycles. The van der Waals surface area contributed by atoms with Gasteiger partial charge in [-0.3, -0.25) is 10.1 Å². The van der Waals surface area contributed by atoms with Gasteiger partial charge in [0.05, 0.1) is 0 Å². The largest absolute Gasteiger partial charge is 0.508 e. The van der Waals surface area contributed by atoms with Crippen LogP contribution >= 0.6 is 11.6 Å². The number of fused-ring (bicyclic) bond motifs is 1. The van der Waals surface area contributed by atoms with Crippen LogP contribution in [0, 0.1) is 0 Å². The summed E-state index contributed by atoms with van der Waals surface area (Å²) >= 11 is 5.88. The lowest BCUT2D eigenvalue weighted by Crippen LogP contribution is -2.30. The number of nitrogens with zero attached hydrogens (tertiary/aromatic N) is 1. The first-order chi connectivity index (χ1) is 11.0. The number of hydrogen-bond acceptors (Lipinski definition) is 5. The maximum Gasteiger partial charge on any atom is 0.302 e. The van der Waals surface area contributed by atoms with E-state index in [0.29, 0.717) is 21.9 Å². The number of carbonyl (C=O) groups excluding carboxylic acids is 1. The summed E-state index contributed by atoms with van der Waals surface area (Å²) in [5.41, 5.74) is 1.08. The lowest BCUT2D eigenvalue weighted by molar-refractivity contribution is -0.122. The molecule has 0 saturated carbocycles. The summed E-state index contributed by atoms with van der Waals surface area (Å²) in [6, 6.07) is 11.2. The number of anilines is 1. The molecule has 0 bridgehead atoms. The molecule has 3 rings (SSSR count).